The Kier molecular flexibility index (Phi) is 7.16. The lowest BCUT2D eigenvalue weighted by molar-refractivity contribution is 0.102. The Morgan fingerprint density at radius 3 is 2.62 bits per heavy atom. The van der Waals surface area contributed by atoms with Crippen molar-refractivity contribution < 1.29 is 14.3 Å². The van der Waals surface area contributed by atoms with Crippen molar-refractivity contribution in [3.63, 3.8) is 0 Å². The van der Waals surface area contributed by atoms with E-state index < -0.39 is 0 Å². The van der Waals surface area contributed by atoms with Crippen LogP contribution in [0.3, 0.4) is 0 Å². The van der Waals surface area contributed by atoms with Crippen LogP contribution in [-0.4, -0.2) is 25.7 Å². The molecular formula is C20H25ClN2O3. The molecule has 1 aliphatic rings. The molecule has 2 aromatic rings. The molecule has 0 aliphatic carbocycles. The summed E-state index contributed by atoms with van der Waals surface area (Å²) in [6, 6.07) is 11.2. The highest BCUT2D eigenvalue weighted by molar-refractivity contribution is 6.04. The second kappa shape index (κ2) is 9.34. The Morgan fingerprint density at radius 2 is 1.85 bits per heavy atom. The number of amides is 1. The minimum Gasteiger partial charge on any atom is -0.490 e. The summed E-state index contributed by atoms with van der Waals surface area (Å²) in [4.78, 5) is 12.6. The van der Waals surface area contributed by atoms with Crippen LogP contribution >= 0.6 is 12.4 Å². The van der Waals surface area contributed by atoms with Crippen molar-refractivity contribution in [2.45, 2.75) is 26.7 Å². The van der Waals surface area contributed by atoms with Crippen molar-refractivity contribution in [3.05, 3.63) is 47.5 Å². The third kappa shape index (κ3) is 4.61. The smallest absolute Gasteiger partial charge is 0.255 e. The molecule has 5 nitrogen and oxygen atoms in total. The van der Waals surface area contributed by atoms with Crippen LogP contribution in [0.4, 0.5) is 11.4 Å². The first-order valence-corrected chi connectivity index (χ1v) is 8.79. The van der Waals surface area contributed by atoms with E-state index in [1.807, 2.05) is 32.0 Å². The van der Waals surface area contributed by atoms with Crippen LogP contribution in [0, 0.1) is 0 Å². The van der Waals surface area contributed by atoms with Crippen LogP contribution in [-0.2, 0) is 6.42 Å². The van der Waals surface area contributed by atoms with Gasteiger partial charge in [0.25, 0.3) is 5.91 Å². The lowest BCUT2D eigenvalue weighted by atomic mass is 10.0. The molecule has 0 aromatic heterocycles. The van der Waals surface area contributed by atoms with Crippen molar-refractivity contribution in [1.82, 2.24) is 0 Å². The van der Waals surface area contributed by atoms with Gasteiger partial charge in [0.05, 0.1) is 13.2 Å². The van der Waals surface area contributed by atoms with E-state index in [0.717, 1.165) is 30.8 Å². The molecule has 3 rings (SSSR count). The van der Waals surface area contributed by atoms with E-state index in [9.17, 15) is 4.79 Å². The second-order valence-corrected chi connectivity index (χ2v) is 5.88. The van der Waals surface area contributed by atoms with Crippen LogP contribution < -0.4 is 20.1 Å². The lowest BCUT2D eigenvalue weighted by Crippen LogP contribution is -2.15. The molecule has 0 radical (unpaired) electrons. The number of hydrogen-bond donors (Lipinski definition) is 2. The molecule has 0 atom stereocenters. The van der Waals surface area contributed by atoms with Gasteiger partial charge in [-0.15, -0.1) is 12.4 Å². The number of ether oxygens (including phenoxy) is 2. The summed E-state index contributed by atoms with van der Waals surface area (Å²) >= 11 is 0. The molecular weight excluding hydrogens is 352 g/mol. The van der Waals surface area contributed by atoms with Crippen molar-refractivity contribution in [2.75, 3.05) is 30.4 Å². The van der Waals surface area contributed by atoms with Gasteiger partial charge in [-0.25, -0.2) is 0 Å². The zero-order chi connectivity index (χ0) is 17.6. The summed E-state index contributed by atoms with van der Waals surface area (Å²) < 4.78 is 11.1. The lowest BCUT2D eigenvalue weighted by Gasteiger charge is -2.19. The minimum absolute atomic E-state index is 0. The number of hydrogen-bond acceptors (Lipinski definition) is 4. The largest absolute Gasteiger partial charge is 0.490 e. The Balaban J connectivity index is 0.00000243. The van der Waals surface area contributed by atoms with Gasteiger partial charge in [0.1, 0.15) is 0 Å². The molecule has 0 unspecified atom stereocenters. The number of anilines is 2. The first-order valence-electron chi connectivity index (χ1n) is 8.79. The van der Waals surface area contributed by atoms with E-state index in [0.29, 0.717) is 30.3 Å². The van der Waals surface area contributed by atoms with E-state index in [1.54, 1.807) is 18.2 Å². The van der Waals surface area contributed by atoms with Crippen molar-refractivity contribution in [2.24, 2.45) is 0 Å². The molecule has 0 bridgehead atoms. The van der Waals surface area contributed by atoms with Crippen molar-refractivity contribution >= 4 is 29.7 Å². The molecule has 1 aliphatic heterocycles. The predicted molar refractivity (Wildman–Crippen MR) is 107 cm³/mol. The highest BCUT2D eigenvalue weighted by Crippen LogP contribution is 2.29. The van der Waals surface area contributed by atoms with Crippen LogP contribution in [0.5, 0.6) is 11.5 Å². The van der Waals surface area contributed by atoms with Gasteiger partial charge in [0, 0.05) is 23.5 Å². The zero-order valence-corrected chi connectivity index (χ0v) is 15.9. The summed E-state index contributed by atoms with van der Waals surface area (Å²) in [6.45, 7) is 5.90. The highest BCUT2D eigenvalue weighted by atomic mass is 35.5. The highest BCUT2D eigenvalue weighted by Gasteiger charge is 2.13. The predicted octanol–water partition coefficient (Wildman–Crippen LogP) is 4.52. The number of carbonyl (C=O) groups excluding carboxylic acids is 1. The van der Waals surface area contributed by atoms with Gasteiger partial charge in [0.15, 0.2) is 11.5 Å². The number of aryl methyl sites for hydroxylation is 1. The first-order chi connectivity index (χ1) is 12.2. The number of rotatable bonds is 6. The summed E-state index contributed by atoms with van der Waals surface area (Å²) in [6.07, 6.45) is 2.14. The number of carbonyl (C=O) groups is 1. The molecule has 26 heavy (non-hydrogen) atoms. The van der Waals surface area contributed by atoms with Gasteiger partial charge in [-0.1, -0.05) is 0 Å². The van der Waals surface area contributed by atoms with E-state index in [2.05, 4.69) is 10.6 Å². The molecule has 0 fully saturated rings. The first kappa shape index (κ1) is 19.9. The molecule has 6 heteroatoms. The Morgan fingerprint density at radius 1 is 1.08 bits per heavy atom. The average molecular weight is 377 g/mol. The summed E-state index contributed by atoms with van der Waals surface area (Å²) in [5, 5.41) is 6.34. The van der Waals surface area contributed by atoms with Gasteiger partial charge in [-0.05, 0) is 68.7 Å². The average Bonchev–Trinajstić information content (AvgIpc) is 2.63. The Hall–Kier alpha value is -2.40. The molecule has 0 spiro atoms. The molecule has 1 heterocycles. The number of nitrogens with one attached hydrogen (secondary N) is 2. The maximum absolute atomic E-state index is 12.6. The number of fused-ring (bicyclic) bond motifs is 1. The van der Waals surface area contributed by atoms with Crippen molar-refractivity contribution in [3.8, 4) is 11.5 Å². The van der Waals surface area contributed by atoms with Gasteiger partial charge >= 0.3 is 0 Å². The maximum atomic E-state index is 12.6. The Labute approximate surface area is 160 Å². The topological polar surface area (TPSA) is 59.6 Å². The van der Waals surface area contributed by atoms with E-state index in [4.69, 9.17) is 9.47 Å². The second-order valence-electron chi connectivity index (χ2n) is 5.88. The molecule has 0 saturated carbocycles. The third-order valence-corrected chi connectivity index (χ3v) is 4.11. The summed E-state index contributed by atoms with van der Waals surface area (Å²) in [5.74, 6) is 1.08. The number of halogens is 1. The van der Waals surface area contributed by atoms with E-state index in [-0.39, 0.29) is 18.3 Å². The number of benzene rings is 2. The van der Waals surface area contributed by atoms with E-state index in [1.165, 1.54) is 5.56 Å². The van der Waals surface area contributed by atoms with E-state index >= 15 is 0 Å². The SMILES string of the molecule is CCOc1ccc(C(=O)Nc2ccc3c(c2)CCCN3)cc1OCC.Cl. The Bertz CT molecular complexity index is 765. The fourth-order valence-electron chi connectivity index (χ4n) is 2.95. The molecule has 1 amide bonds. The standard InChI is InChI=1S/C20H24N2O3.ClH/c1-3-24-18-10-7-15(13-19(18)25-4-2)20(23)22-16-8-9-17-14(12-16)6-5-11-21-17;/h7-10,12-13,21H,3-6,11H2,1-2H3,(H,22,23);1H. The fraction of sp³-hybridized carbons (Fsp3) is 0.350. The van der Waals surface area contributed by atoms with Gasteiger partial charge < -0.3 is 20.1 Å². The minimum atomic E-state index is -0.160. The van der Waals surface area contributed by atoms with Crippen LogP contribution in [0.2, 0.25) is 0 Å². The zero-order valence-electron chi connectivity index (χ0n) is 15.1. The normalized spacial score (nSPS) is 12.2. The fourth-order valence-corrected chi connectivity index (χ4v) is 2.95. The third-order valence-electron chi connectivity index (χ3n) is 4.11. The maximum Gasteiger partial charge on any atom is 0.255 e. The summed E-state index contributed by atoms with van der Waals surface area (Å²) in [5.41, 5.74) is 3.75. The van der Waals surface area contributed by atoms with Crippen LogP contribution in [0.25, 0.3) is 0 Å². The monoisotopic (exact) mass is 376 g/mol. The van der Waals surface area contributed by atoms with Gasteiger partial charge in [0.2, 0.25) is 0 Å². The van der Waals surface area contributed by atoms with Crippen molar-refractivity contribution in [1.29, 1.82) is 0 Å². The quantitative estimate of drug-likeness (QED) is 0.778. The molecule has 2 aromatic carbocycles. The molecule has 2 N–H and O–H groups in total. The molecule has 140 valence electrons. The van der Waals surface area contributed by atoms with Gasteiger partial charge in [-0.2, -0.15) is 0 Å². The van der Waals surface area contributed by atoms with Crippen LogP contribution in [0.15, 0.2) is 36.4 Å². The van der Waals surface area contributed by atoms with Gasteiger partial charge in [-0.3, -0.25) is 4.79 Å². The summed E-state index contributed by atoms with van der Waals surface area (Å²) in [7, 11) is 0. The van der Waals surface area contributed by atoms with Crippen LogP contribution in [0.1, 0.15) is 36.2 Å². The molecule has 0 saturated heterocycles.